The van der Waals surface area contributed by atoms with E-state index in [9.17, 15) is 9.59 Å². The van der Waals surface area contributed by atoms with Gasteiger partial charge < -0.3 is 9.88 Å². The molecular formula is C24H19N5O2. The molecule has 0 bridgehead atoms. The molecule has 0 saturated carbocycles. The molecule has 0 aliphatic heterocycles. The topological polar surface area (TPSA) is 83.4 Å². The molecule has 0 radical (unpaired) electrons. The molecule has 5 aromatic rings. The lowest BCUT2D eigenvalue weighted by atomic mass is 10.1. The van der Waals surface area contributed by atoms with Crippen molar-refractivity contribution < 1.29 is 4.79 Å². The van der Waals surface area contributed by atoms with E-state index in [0.29, 0.717) is 34.5 Å². The van der Waals surface area contributed by atoms with Gasteiger partial charge in [-0.05, 0) is 29.8 Å². The molecule has 0 unspecified atom stereocenters. The van der Waals surface area contributed by atoms with Crippen LogP contribution in [0.1, 0.15) is 15.9 Å². The molecule has 1 amide bonds. The molecule has 1 N–H and O–H groups in total. The van der Waals surface area contributed by atoms with E-state index in [2.05, 4.69) is 15.0 Å². The van der Waals surface area contributed by atoms with E-state index in [4.69, 9.17) is 0 Å². The van der Waals surface area contributed by atoms with Gasteiger partial charge in [0.25, 0.3) is 11.5 Å². The van der Waals surface area contributed by atoms with Gasteiger partial charge in [-0.25, -0.2) is 4.98 Å². The number of carbonyl (C=O) groups is 1. The lowest BCUT2D eigenvalue weighted by Crippen LogP contribution is -2.26. The zero-order valence-electron chi connectivity index (χ0n) is 16.8. The van der Waals surface area contributed by atoms with Crippen molar-refractivity contribution >= 4 is 22.5 Å². The highest BCUT2D eigenvalue weighted by Gasteiger charge is 2.17. The average Bonchev–Trinajstić information content (AvgIpc) is 3.26. The Morgan fingerprint density at radius 3 is 2.65 bits per heavy atom. The Labute approximate surface area is 177 Å². The summed E-state index contributed by atoms with van der Waals surface area (Å²) in [5.41, 5.74) is 3.92. The number of aromatic amines is 1. The zero-order valence-corrected chi connectivity index (χ0v) is 16.8. The third-order valence-electron chi connectivity index (χ3n) is 5.25. The lowest BCUT2D eigenvalue weighted by molar-refractivity contribution is 0.0785. The maximum absolute atomic E-state index is 13.1. The molecule has 0 fully saturated rings. The number of H-pyrrole nitrogens is 1. The Kier molecular flexibility index (Phi) is 4.55. The van der Waals surface area contributed by atoms with Crippen molar-refractivity contribution in [2.45, 2.75) is 6.54 Å². The van der Waals surface area contributed by atoms with Gasteiger partial charge in [0.15, 0.2) is 0 Å². The number of hydrogen-bond donors (Lipinski definition) is 1. The van der Waals surface area contributed by atoms with Crippen molar-refractivity contribution in [1.82, 2.24) is 24.3 Å². The van der Waals surface area contributed by atoms with Gasteiger partial charge in [-0.15, -0.1) is 0 Å². The molecule has 3 heterocycles. The summed E-state index contributed by atoms with van der Waals surface area (Å²) in [4.78, 5) is 38.8. The Morgan fingerprint density at radius 1 is 1.03 bits per heavy atom. The summed E-state index contributed by atoms with van der Waals surface area (Å²) >= 11 is 0. The molecule has 5 rings (SSSR count). The third-order valence-corrected chi connectivity index (χ3v) is 5.25. The molecule has 7 nitrogen and oxygen atoms in total. The number of imidazole rings is 1. The van der Waals surface area contributed by atoms with Crippen LogP contribution < -0.4 is 5.56 Å². The minimum Gasteiger partial charge on any atom is -0.337 e. The molecule has 0 spiro atoms. The van der Waals surface area contributed by atoms with Gasteiger partial charge >= 0.3 is 0 Å². The summed E-state index contributed by atoms with van der Waals surface area (Å²) in [5.74, 6) is 0.534. The van der Waals surface area contributed by atoms with E-state index >= 15 is 0 Å². The predicted octanol–water partition coefficient (Wildman–Crippen LogP) is 3.51. The van der Waals surface area contributed by atoms with Gasteiger partial charge in [0.2, 0.25) is 0 Å². The van der Waals surface area contributed by atoms with E-state index in [1.54, 1.807) is 53.1 Å². The van der Waals surface area contributed by atoms with Crippen molar-refractivity contribution in [3.63, 3.8) is 0 Å². The second kappa shape index (κ2) is 7.53. The smallest absolute Gasteiger partial charge is 0.274 e. The van der Waals surface area contributed by atoms with Crippen molar-refractivity contribution in [2.75, 3.05) is 7.05 Å². The van der Waals surface area contributed by atoms with Gasteiger partial charge in [0.1, 0.15) is 11.3 Å². The molecule has 3 aromatic heterocycles. The number of aromatic nitrogens is 4. The van der Waals surface area contributed by atoms with E-state index in [1.807, 2.05) is 42.5 Å². The highest BCUT2D eigenvalue weighted by molar-refractivity contribution is 5.97. The van der Waals surface area contributed by atoms with Crippen molar-refractivity contribution in [1.29, 1.82) is 0 Å². The van der Waals surface area contributed by atoms with E-state index < -0.39 is 0 Å². The van der Waals surface area contributed by atoms with E-state index in [-0.39, 0.29) is 11.5 Å². The first-order chi connectivity index (χ1) is 15.1. The van der Waals surface area contributed by atoms with Gasteiger partial charge in [-0.2, -0.15) is 0 Å². The molecule has 0 aliphatic carbocycles. The van der Waals surface area contributed by atoms with Gasteiger partial charge in [0, 0.05) is 37.1 Å². The summed E-state index contributed by atoms with van der Waals surface area (Å²) in [7, 11) is 1.76. The maximum Gasteiger partial charge on any atom is 0.274 e. The number of nitrogens with one attached hydrogen (secondary N) is 1. The summed E-state index contributed by atoms with van der Waals surface area (Å²) in [6, 6.07) is 18.7. The highest BCUT2D eigenvalue weighted by Crippen LogP contribution is 2.23. The standard InChI is InChI=1S/C24H19N5O2/c1-28(15-16-6-5-11-25-13-16)24(31)18-9-10-19-20(12-18)29-21(23(30)27-19)14-26-22(29)17-7-3-2-4-8-17/h2-14H,15H2,1H3,(H,27,30). The maximum atomic E-state index is 13.1. The second-order valence-corrected chi connectivity index (χ2v) is 7.38. The van der Waals surface area contributed by atoms with Crippen molar-refractivity contribution in [2.24, 2.45) is 0 Å². The Morgan fingerprint density at radius 2 is 1.87 bits per heavy atom. The third kappa shape index (κ3) is 3.36. The van der Waals surface area contributed by atoms with Crippen LogP contribution in [0.15, 0.2) is 84.0 Å². The van der Waals surface area contributed by atoms with Crippen LogP contribution in [-0.2, 0) is 6.54 Å². The van der Waals surface area contributed by atoms with Crippen LogP contribution in [0, 0.1) is 0 Å². The van der Waals surface area contributed by atoms with E-state index in [1.165, 1.54) is 0 Å². The largest absolute Gasteiger partial charge is 0.337 e. The van der Waals surface area contributed by atoms with E-state index in [0.717, 1.165) is 11.1 Å². The number of pyridine rings is 1. The normalized spacial score (nSPS) is 11.1. The van der Waals surface area contributed by atoms with Crippen molar-refractivity contribution in [3.8, 4) is 11.4 Å². The number of fused-ring (bicyclic) bond motifs is 3. The molecule has 7 heteroatoms. The van der Waals surface area contributed by atoms with Crippen molar-refractivity contribution in [3.05, 3.63) is 101 Å². The predicted molar refractivity (Wildman–Crippen MR) is 119 cm³/mol. The fourth-order valence-corrected chi connectivity index (χ4v) is 3.75. The molecule has 0 saturated heterocycles. The first-order valence-electron chi connectivity index (χ1n) is 9.85. The van der Waals surface area contributed by atoms with Gasteiger partial charge in [-0.1, -0.05) is 36.4 Å². The van der Waals surface area contributed by atoms with Crippen LogP contribution in [-0.4, -0.2) is 37.2 Å². The molecule has 31 heavy (non-hydrogen) atoms. The number of benzene rings is 2. The van der Waals surface area contributed by atoms with Crippen LogP contribution >= 0.6 is 0 Å². The van der Waals surface area contributed by atoms with Crippen LogP contribution in [0.3, 0.4) is 0 Å². The molecule has 152 valence electrons. The molecule has 0 aliphatic rings. The lowest BCUT2D eigenvalue weighted by Gasteiger charge is -2.17. The first-order valence-corrected chi connectivity index (χ1v) is 9.85. The Balaban J connectivity index is 1.62. The highest BCUT2D eigenvalue weighted by atomic mass is 16.2. The van der Waals surface area contributed by atoms with Crippen LogP contribution in [0.5, 0.6) is 0 Å². The number of amides is 1. The average molecular weight is 409 g/mol. The zero-order chi connectivity index (χ0) is 21.4. The number of rotatable bonds is 4. The summed E-state index contributed by atoms with van der Waals surface area (Å²) in [5, 5.41) is 0. The molecule has 0 atom stereocenters. The summed E-state index contributed by atoms with van der Waals surface area (Å²) in [6.45, 7) is 0.450. The molecule has 2 aromatic carbocycles. The quantitative estimate of drug-likeness (QED) is 0.492. The fourth-order valence-electron chi connectivity index (χ4n) is 3.75. The fraction of sp³-hybridized carbons (Fsp3) is 0.0833. The van der Waals surface area contributed by atoms with Gasteiger partial charge in [-0.3, -0.25) is 19.0 Å². The number of hydrogen-bond acceptors (Lipinski definition) is 4. The monoisotopic (exact) mass is 409 g/mol. The van der Waals surface area contributed by atoms with Crippen LogP contribution in [0.4, 0.5) is 0 Å². The Bertz CT molecular complexity index is 1460. The number of carbonyl (C=O) groups excluding carboxylic acids is 1. The summed E-state index contributed by atoms with van der Waals surface area (Å²) < 4.78 is 1.81. The second-order valence-electron chi connectivity index (χ2n) is 7.38. The number of nitrogens with zero attached hydrogens (tertiary/aromatic N) is 4. The Hall–Kier alpha value is -4.26. The molecular weight excluding hydrogens is 390 g/mol. The minimum atomic E-state index is -0.227. The van der Waals surface area contributed by atoms with Crippen LogP contribution in [0.2, 0.25) is 0 Å². The minimum absolute atomic E-state index is 0.119. The first kappa shape index (κ1) is 18.7. The SMILES string of the molecule is CN(Cc1cccnc1)C(=O)c1ccc2[nH]c(=O)c3cnc(-c4ccccc4)n3c2c1. The van der Waals surface area contributed by atoms with Crippen LogP contribution in [0.25, 0.3) is 27.9 Å². The summed E-state index contributed by atoms with van der Waals surface area (Å²) in [6.07, 6.45) is 5.01. The van der Waals surface area contributed by atoms with Gasteiger partial charge in [0.05, 0.1) is 17.2 Å².